The van der Waals surface area contributed by atoms with Gasteiger partial charge in [0.15, 0.2) is 11.5 Å². The van der Waals surface area contributed by atoms with Crippen molar-refractivity contribution in [3.8, 4) is 17.4 Å². The maximum absolute atomic E-state index is 12.4. The number of hydrogen-bond donors (Lipinski definition) is 2. The number of aromatic nitrogens is 1. The highest BCUT2D eigenvalue weighted by Crippen LogP contribution is 2.31. The smallest absolute Gasteiger partial charge is 0.319 e. The topological polar surface area (TPSA) is 75.7 Å². The molecule has 2 fully saturated rings. The molecule has 7 heteroatoms. The molecule has 0 aliphatic carbocycles. The van der Waals surface area contributed by atoms with Gasteiger partial charge in [-0.15, -0.1) is 0 Å². The third-order valence-corrected chi connectivity index (χ3v) is 5.70. The number of piperidine rings is 1. The standard InChI is InChI=1S/C22H28N4O3/c1-15-6-8-19(20(13-15)28-2)29-21-9-7-16(14-23-21)24-22(27)25-17-10-12-26-11-4-3-5-18(17)26/h6-9,13-14,17-18H,3-5,10-12H2,1-2H3,(H2,24,25,27). The van der Waals surface area contributed by atoms with Crippen LogP contribution in [0.5, 0.6) is 17.4 Å². The number of aryl methyl sites for hydroxylation is 1. The van der Waals surface area contributed by atoms with Gasteiger partial charge in [0, 0.05) is 24.7 Å². The van der Waals surface area contributed by atoms with Crippen molar-refractivity contribution in [3.05, 3.63) is 42.1 Å². The van der Waals surface area contributed by atoms with Gasteiger partial charge in [-0.2, -0.15) is 0 Å². The first-order valence-corrected chi connectivity index (χ1v) is 10.2. The van der Waals surface area contributed by atoms with Crippen LogP contribution in [0.15, 0.2) is 36.5 Å². The summed E-state index contributed by atoms with van der Waals surface area (Å²) in [6.07, 6.45) is 6.29. The van der Waals surface area contributed by atoms with Crippen LogP contribution in [0.1, 0.15) is 31.2 Å². The van der Waals surface area contributed by atoms with E-state index >= 15 is 0 Å². The highest BCUT2D eigenvalue weighted by molar-refractivity contribution is 5.89. The Kier molecular flexibility index (Phi) is 5.85. The summed E-state index contributed by atoms with van der Waals surface area (Å²) in [5.74, 6) is 1.69. The van der Waals surface area contributed by atoms with Crippen molar-refractivity contribution in [3.63, 3.8) is 0 Å². The summed E-state index contributed by atoms with van der Waals surface area (Å²) in [6.45, 7) is 4.22. The average Bonchev–Trinajstić information content (AvgIpc) is 3.13. The molecular weight excluding hydrogens is 368 g/mol. The van der Waals surface area contributed by atoms with E-state index in [0.717, 1.165) is 25.1 Å². The number of carbonyl (C=O) groups excluding carboxylic acids is 1. The molecule has 2 aliphatic rings. The molecule has 1 aromatic heterocycles. The van der Waals surface area contributed by atoms with Crippen LogP contribution in [0, 0.1) is 6.92 Å². The molecule has 1 aromatic carbocycles. The first kappa shape index (κ1) is 19.5. The van der Waals surface area contributed by atoms with Crippen molar-refractivity contribution < 1.29 is 14.3 Å². The molecule has 0 saturated carbocycles. The molecule has 154 valence electrons. The first-order valence-electron chi connectivity index (χ1n) is 10.2. The number of carbonyl (C=O) groups is 1. The van der Waals surface area contributed by atoms with Crippen molar-refractivity contribution in [1.82, 2.24) is 15.2 Å². The minimum absolute atomic E-state index is 0.182. The molecule has 4 rings (SSSR count). The van der Waals surface area contributed by atoms with Gasteiger partial charge in [0.25, 0.3) is 0 Å². The van der Waals surface area contributed by atoms with Crippen LogP contribution in [0.2, 0.25) is 0 Å². The molecule has 0 bridgehead atoms. The van der Waals surface area contributed by atoms with Crippen molar-refractivity contribution in [2.24, 2.45) is 0 Å². The van der Waals surface area contributed by atoms with Gasteiger partial charge < -0.3 is 20.1 Å². The molecular formula is C22H28N4O3. The summed E-state index contributed by atoms with van der Waals surface area (Å²) in [6, 6.07) is 9.75. The molecule has 7 nitrogen and oxygen atoms in total. The minimum Gasteiger partial charge on any atom is -0.493 e. The summed E-state index contributed by atoms with van der Waals surface area (Å²) >= 11 is 0. The van der Waals surface area contributed by atoms with Gasteiger partial charge in [-0.05, 0) is 56.5 Å². The fourth-order valence-electron chi connectivity index (χ4n) is 4.24. The van der Waals surface area contributed by atoms with Crippen LogP contribution in [0.25, 0.3) is 0 Å². The Morgan fingerprint density at radius 2 is 2.03 bits per heavy atom. The Morgan fingerprint density at radius 3 is 2.83 bits per heavy atom. The third-order valence-electron chi connectivity index (χ3n) is 5.70. The number of urea groups is 1. The number of amides is 2. The number of nitrogens with one attached hydrogen (secondary N) is 2. The van der Waals surface area contributed by atoms with Crippen LogP contribution in [0.3, 0.4) is 0 Å². The fraction of sp³-hybridized carbons (Fsp3) is 0.455. The van der Waals surface area contributed by atoms with Crippen LogP contribution in [-0.4, -0.2) is 48.2 Å². The van der Waals surface area contributed by atoms with Gasteiger partial charge >= 0.3 is 6.03 Å². The molecule has 2 N–H and O–H groups in total. The number of methoxy groups -OCH3 is 1. The molecule has 0 radical (unpaired) electrons. The Balaban J connectivity index is 1.33. The van der Waals surface area contributed by atoms with Gasteiger partial charge in [0.1, 0.15) is 0 Å². The SMILES string of the molecule is COc1cc(C)ccc1Oc1ccc(NC(=O)NC2CCN3CCCCC23)cn1. The highest BCUT2D eigenvalue weighted by Gasteiger charge is 2.36. The van der Waals surface area contributed by atoms with E-state index in [9.17, 15) is 4.79 Å². The zero-order valence-electron chi connectivity index (χ0n) is 17.0. The Morgan fingerprint density at radius 1 is 1.14 bits per heavy atom. The number of fused-ring (bicyclic) bond motifs is 1. The van der Waals surface area contributed by atoms with E-state index in [0.29, 0.717) is 29.1 Å². The second-order valence-electron chi connectivity index (χ2n) is 7.73. The zero-order valence-corrected chi connectivity index (χ0v) is 17.0. The summed E-state index contributed by atoms with van der Waals surface area (Å²) < 4.78 is 11.2. The molecule has 2 aliphatic heterocycles. The number of ether oxygens (including phenoxy) is 2. The number of hydrogen-bond acceptors (Lipinski definition) is 5. The number of rotatable bonds is 5. The molecule has 2 unspecified atom stereocenters. The van der Waals surface area contributed by atoms with E-state index in [1.165, 1.54) is 19.3 Å². The molecule has 2 saturated heterocycles. The fourth-order valence-corrected chi connectivity index (χ4v) is 4.24. The molecule has 2 amide bonds. The summed E-state index contributed by atoms with van der Waals surface area (Å²) in [7, 11) is 1.61. The van der Waals surface area contributed by atoms with E-state index in [4.69, 9.17) is 9.47 Å². The lowest BCUT2D eigenvalue weighted by molar-refractivity contribution is 0.180. The van der Waals surface area contributed by atoms with E-state index in [2.05, 4.69) is 20.5 Å². The molecule has 0 spiro atoms. The average molecular weight is 396 g/mol. The zero-order chi connectivity index (χ0) is 20.2. The monoisotopic (exact) mass is 396 g/mol. The minimum atomic E-state index is -0.182. The number of benzene rings is 1. The van der Waals surface area contributed by atoms with Crippen molar-refractivity contribution in [1.29, 1.82) is 0 Å². The van der Waals surface area contributed by atoms with E-state index < -0.39 is 0 Å². The van der Waals surface area contributed by atoms with Crippen molar-refractivity contribution >= 4 is 11.7 Å². The number of nitrogens with zero attached hydrogens (tertiary/aromatic N) is 2. The van der Waals surface area contributed by atoms with Gasteiger partial charge in [-0.1, -0.05) is 12.5 Å². The molecule has 29 heavy (non-hydrogen) atoms. The van der Waals surface area contributed by atoms with Gasteiger partial charge in [0.05, 0.1) is 19.0 Å². The molecule has 2 atom stereocenters. The number of pyridine rings is 1. The van der Waals surface area contributed by atoms with E-state index in [-0.39, 0.29) is 12.1 Å². The first-order chi connectivity index (χ1) is 14.1. The van der Waals surface area contributed by atoms with Gasteiger partial charge in [-0.3, -0.25) is 4.90 Å². The van der Waals surface area contributed by atoms with E-state index in [1.807, 2.05) is 25.1 Å². The lowest BCUT2D eigenvalue weighted by Gasteiger charge is -2.32. The van der Waals surface area contributed by atoms with Crippen molar-refractivity contribution in [2.45, 2.75) is 44.7 Å². The maximum atomic E-state index is 12.4. The summed E-state index contributed by atoms with van der Waals surface area (Å²) in [5, 5.41) is 6.01. The van der Waals surface area contributed by atoms with Crippen LogP contribution < -0.4 is 20.1 Å². The van der Waals surface area contributed by atoms with Crippen LogP contribution in [0.4, 0.5) is 10.5 Å². The third kappa shape index (κ3) is 4.62. The Bertz CT molecular complexity index is 856. The highest BCUT2D eigenvalue weighted by atomic mass is 16.5. The lowest BCUT2D eigenvalue weighted by atomic mass is 9.99. The number of anilines is 1. The quantitative estimate of drug-likeness (QED) is 0.801. The van der Waals surface area contributed by atoms with Gasteiger partial charge in [-0.25, -0.2) is 9.78 Å². The summed E-state index contributed by atoms with van der Waals surface area (Å²) in [4.78, 5) is 19.2. The molecule has 3 heterocycles. The lowest BCUT2D eigenvalue weighted by Crippen LogP contribution is -2.47. The summed E-state index contributed by atoms with van der Waals surface area (Å²) in [5.41, 5.74) is 1.72. The van der Waals surface area contributed by atoms with Crippen molar-refractivity contribution in [2.75, 3.05) is 25.5 Å². The molecule has 2 aromatic rings. The predicted octanol–water partition coefficient (Wildman–Crippen LogP) is 3.94. The second-order valence-corrected chi connectivity index (χ2v) is 7.73. The van der Waals surface area contributed by atoms with Gasteiger partial charge in [0.2, 0.25) is 5.88 Å². The Hall–Kier alpha value is -2.80. The van der Waals surface area contributed by atoms with E-state index in [1.54, 1.807) is 25.4 Å². The normalized spacial score (nSPS) is 21.3. The maximum Gasteiger partial charge on any atom is 0.319 e. The Labute approximate surface area is 171 Å². The largest absolute Gasteiger partial charge is 0.493 e. The predicted molar refractivity (Wildman–Crippen MR) is 112 cm³/mol. The second kappa shape index (κ2) is 8.69. The van der Waals surface area contributed by atoms with Crippen LogP contribution in [-0.2, 0) is 0 Å². The van der Waals surface area contributed by atoms with Crippen LogP contribution >= 0.6 is 0 Å².